The Labute approximate surface area is 121 Å². The number of hydrogen-bond acceptors (Lipinski definition) is 2. The van der Waals surface area contributed by atoms with Crippen molar-refractivity contribution in [2.45, 2.75) is 17.4 Å². The molecule has 1 unspecified atom stereocenters. The maximum atomic E-state index is 6.15. The first-order valence-electron chi connectivity index (χ1n) is 5.92. The first-order chi connectivity index (χ1) is 8.74. The lowest BCUT2D eigenvalue weighted by molar-refractivity contribution is 0.749. The molecule has 0 bridgehead atoms. The van der Waals surface area contributed by atoms with Gasteiger partial charge < -0.3 is 5.73 Å². The highest BCUT2D eigenvalue weighted by atomic mass is 79.9. The van der Waals surface area contributed by atoms with Crippen molar-refractivity contribution in [3.8, 4) is 0 Å². The monoisotopic (exact) mass is 321 g/mol. The third-order valence-corrected chi connectivity index (χ3v) is 4.35. The van der Waals surface area contributed by atoms with E-state index in [9.17, 15) is 0 Å². The molecule has 1 nitrogen and oxygen atoms in total. The summed E-state index contributed by atoms with van der Waals surface area (Å²) in [5.74, 6) is 0.941. The van der Waals surface area contributed by atoms with Crippen molar-refractivity contribution in [2.24, 2.45) is 5.73 Å². The van der Waals surface area contributed by atoms with Crippen molar-refractivity contribution in [3.05, 3.63) is 64.6 Å². The second-order valence-electron chi connectivity index (χ2n) is 4.21. The molecule has 0 saturated carbocycles. The van der Waals surface area contributed by atoms with Gasteiger partial charge in [-0.3, -0.25) is 0 Å². The predicted molar refractivity (Wildman–Crippen MR) is 83.0 cm³/mol. The van der Waals surface area contributed by atoms with Crippen LogP contribution in [0.5, 0.6) is 0 Å². The van der Waals surface area contributed by atoms with Crippen molar-refractivity contribution in [1.29, 1.82) is 0 Å². The van der Waals surface area contributed by atoms with Crippen molar-refractivity contribution in [3.63, 3.8) is 0 Å². The Morgan fingerprint density at radius 2 is 1.67 bits per heavy atom. The Bertz CT molecular complexity index is 470. The minimum atomic E-state index is 0.195. The molecule has 0 fully saturated rings. The average Bonchev–Trinajstić information content (AvgIpc) is 2.39. The first kappa shape index (κ1) is 13.7. The topological polar surface area (TPSA) is 26.0 Å². The summed E-state index contributed by atoms with van der Waals surface area (Å²) in [6.45, 7) is 0. The molecule has 0 aliphatic heterocycles. The van der Waals surface area contributed by atoms with Gasteiger partial charge in [0.2, 0.25) is 0 Å². The third-order valence-electron chi connectivity index (χ3n) is 2.62. The quantitative estimate of drug-likeness (QED) is 0.838. The van der Waals surface area contributed by atoms with Crippen LogP contribution < -0.4 is 5.73 Å². The lowest BCUT2D eigenvalue weighted by Crippen LogP contribution is -2.25. The van der Waals surface area contributed by atoms with Gasteiger partial charge in [0.1, 0.15) is 0 Å². The zero-order valence-electron chi connectivity index (χ0n) is 10.1. The van der Waals surface area contributed by atoms with Gasteiger partial charge in [0.25, 0.3) is 0 Å². The summed E-state index contributed by atoms with van der Waals surface area (Å²) in [5.41, 5.74) is 7.46. The molecule has 2 aromatic rings. The smallest absolute Gasteiger partial charge is 0.0176 e. The van der Waals surface area contributed by atoms with E-state index < -0.39 is 0 Å². The maximum Gasteiger partial charge on any atom is 0.0176 e. The summed E-state index contributed by atoms with van der Waals surface area (Å²) >= 11 is 5.25. The van der Waals surface area contributed by atoms with Crippen molar-refractivity contribution in [1.82, 2.24) is 0 Å². The van der Waals surface area contributed by atoms with E-state index in [2.05, 4.69) is 64.5 Å². The lowest BCUT2D eigenvalue weighted by atomic mass is 10.1. The molecule has 0 aromatic heterocycles. The van der Waals surface area contributed by atoms with Gasteiger partial charge in [-0.15, -0.1) is 11.8 Å². The zero-order chi connectivity index (χ0) is 12.8. The molecule has 2 rings (SSSR count). The molecule has 0 radical (unpaired) electrons. The van der Waals surface area contributed by atoms with Crippen LogP contribution in [-0.4, -0.2) is 11.8 Å². The highest BCUT2D eigenvalue weighted by molar-refractivity contribution is 9.10. The fourth-order valence-electron chi connectivity index (χ4n) is 1.71. The zero-order valence-corrected chi connectivity index (χ0v) is 12.5. The third kappa shape index (κ3) is 4.48. The Kier molecular flexibility index (Phi) is 5.29. The van der Waals surface area contributed by atoms with Crippen LogP contribution in [0.15, 0.2) is 64.0 Å². The molecular weight excluding hydrogens is 306 g/mol. The molecule has 18 heavy (non-hydrogen) atoms. The standard InChI is InChI=1S/C15H16BrNS/c16-13-6-8-15(9-7-13)18-11-14(17)10-12-4-2-1-3-5-12/h1-9,14H,10-11,17H2. The molecule has 0 aliphatic rings. The van der Waals surface area contributed by atoms with E-state index in [1.54, 1.807) is 0 Å². The van der Waals surface area contributed by atoms with Gasteiger partial charge in [0.15, 0.2) is 0 Å². The minimum absolute atomic E-state index is 0.195. The minimum Gasteiger partial charge on any atom is -0.327 e. The molecule has 3 heteroatoms. The Balaban J connectivity index is 1.81. The summed E-state index contributed by atoms with van der Waals surface area (Å²) in [6.07, 6.45) is 0.935. The lowest BCUT2D eigenvalue weighted by Gasteiger charge is -2.11. The van der Waals surface area contributed by atoms with Crippen LogP contribution in [0.25, 0.3) is 0 Å². The summed E-state index contributed by atoms with van der Waals surface area (Å²) in [6, 6.07) is 19.0. The van der Waals surface area contributed by atoms with Crippen LogP contribution in [0.3, 0.4) is 0 Å². The molecular formula is C15H16BrNS. The molecule has 0 aliphatic carbocycles. The Morgan fingerprint density at radius 1 is 1.00 bits per heavy atom. The molecule has 0 amide bonds. The highest BCUT2D eigenvalue weighted by Gasteiger charge is 2.04. The van der Waals surface area contributed by atoms with Crippen LogP contribution in [0.1, 0.15) is 5.56 Å². The van der Waals surface area contributed by atoms with Crippen molar-refractivity contribution >= 4 is 27.7 Å². The van der Waals surface area contributed by atoms with Gasteiger partial charge in [-0.05, 0) is 36.2 Å². The van der Waals surface area contributed by atoms with Gasteiger partial charge in [0.05, 0.1) is 0 Å². The number of thioether (sulfide) groups is 1. The fraction of sp³-hybridized carbons (Fsp3) is 0.200. The summed E-state index contributed by atoms with van der Waals surface area (Å²) < 4.78 is 1.11. The molecule has 0 spiro atoms. The largest absolute Gasteiger partial charge is 0.327 e. The Hall–Kier alpha value is -0.770. The molecule has 2 N–H and O–H groups in total. The molecule has 94 valence electrons. The van der Waals surface area contributed by atoms with Gasteiger partial charge in [0, 0.05) is 21.2 Å². The SMILES string of the molecule is NC(CSc1ccc(Br)cc1)Cc1ccccc1. The van der Waals surface area contributed by atoms with E-state index >= 15 is 0 Å². The molecule has 2 aromatic carbocycles. The van der Waals surface area contributed by atoms with E-state index in [1.807, 2.05) is 17.8 Å². The number of nitrogens with two attached hydrogens (primary N) is 1. The summed E-state index contributed by atoms with van der Waals surface area (Å²) in [7, 11) is 0. The van der Waals surface area contributed by atoms with E-state index in [4.69, 9.17) is 5.73 Å². The number of benzene rings is 2. The number of hydrogen-bond donors (Lipinski definition) is 1. The Morgan fingerprint density at radius 3 is 2.33 bits per heavy atom. The van der Waals surface area contributed by atoms with Crippen LogP contribution >= 0.6 is 27.7 Å². The fourth-order valence-corrected chi connectivity index (χ4v) is 2.83. The highest BCUT2D eigenvalue weighted by Crippen LogP contribution is 2.21. The average molecular weight is 322 g/mol. The molecule has 0 heterocycles. The van der Waals surface area contributed by atoms with E-state index in [1.165, 1.54) is 10.5 Å². The maximum absolute atomic E-state index is 6.15. The van der Waals surface area contributed by atoms with Crippen LogP contribution in [0.2, 0.25) is 0 Å². The van der Waals surface area contributed by atoms with Gasteiger partial charge in [-0.25, -0.2) is 0 Å². The van der Waals surface area contributed by atoms with Crippen LogP contribution in [0.4, 0.5) is 0 Å². The molecule has 0 saturated heterocycles. The summed E-state index contributed by atoms with van der Waals surface area (Å²) in [4.78, 5) is 1.27. The second kappa shape index (κ2) is 6.98. The second-order valence-corrected chi connectivity index (χ2v) is 6.22. The normalized spacial score (nSPS) is 12.3. The predicted octanol–water partition coefficient (Wildman–Crippen LogP) is 4.11. The van der Waals surface area contributed by atoms with E-state index in [0.29, 0.717) is 0 Å². The molecule has 1 atom stereocenters. The first-order valence-corrected chi connectivity index (χ1v) is 7.70. The van der Waals surface area contributed by atoms with Gasteiger partial charge in [-0.2, -0.15) is 0 Å². The van der Waals surface area contributed by atoms with Crippen molar-refractivity contribution in [2.75, 3.05) is 5.75 Å². The number of halogens is 1. The van der Waals surface area contributed by atoms with Crippen LogP contribution in [0, 0.1) is 0 Å². The van der Waals surface area contributed by atoms with E-state index in [0.717, 1.165) is 16.6 Å². The van der Waals surface area contributed by atoms with Gasteiger partial charge >= 0.3 is 0 Å². The number of rotatable bonds is 5. The summed E-state index contributed by atoms with van der Waals surface area (Å²) in [5, 5.41) is 0. The van der Waals surface area contributed by atoms with Crippen LogP contribution in [-0.2, 0) is 6.42 Å². The van der Waals surface area contributed by atoms with E-state index in [-0.39, 0.29) is 6.04 Å². The van der Waals surface area contributed by atoms with Gasteiger partial charge in [-0.1, -0.05) is 46.3 Å². The van der Waals surface area contributed by atoms with Crippen molar-refractivity contribution < 1.29 is 0 Å².